The van der Waals surface area contributed by atoms with E-state index in [0.717, 1.165) is 43.6 Å². The van der Waals surface area contributed by atoms with Gasteiger partial charge in [-0.3, -0.25) is 0 Å². The molecule has 0 radical (unpaired) electrons. The van der Waals surface area contributed by atoms with Crippen LogP contribution in [-0.2, 0) is 0 Å². The van der Waals surface area contributed by atoms with Gasteiger partial charge in [-0.05, 0) is 76.7 Å². The zero-order valence-corrected chi connectivity index (χ0v) is 22.7. The minimum absolute atomic E-state index is 0.0242. The summed E-state index contributed by atoms with van der Waals surface area (Å²) in [7, 11) is 4.12. The topological polar surface area (TPSA) is 85.9 Å². The van der Waals surface area contributed by atoms with Crippen molar-refractivity contribution in [3.63, 3.8) is 0 Å². The van der Waals surface area contributed by atoms with Crippen molar-refractivity contribution in [1.29, 1.82) is 5.26 Å². The van der Waals surface area contributed by atoms with E-state index < -0.39 is 5.82 Å². The van der Waals surface area contributed by atoms with E-state index >= 15 is 4.39 Å². The molecule has 2 aliphatic rings. The van der Waals surface area contributed by atoms with Gasteiger partial charge < -0.3 is 15.1 Å². The summed E-state index contributed by atoms with van der Waals surface area (Å²) < 4.78 is 32.0. The number of halogens is 2. The Balaban J connectivity index is 1.56. The van der Waals surface area contributed by atoms with Gasteiger partial charge in [-0.2, -0.15) is 5.26 Å². The lowest BCUT2D eigenvalue weighted by Crippen LogP contribution is -2.67. The minimum atomic E-state index is -0.434. The highest BCUT2D eigenvalue weighted by Crippen LogP contribution is 2.41. The van der Waals surface area contributed by atoms with E-state index in [9.17, 15) is 9.65 Å². The van der Waals surface area contributed by atoms with Gasteiger partial charge in [0.25, 0.3) is 0 Å². The molecule has 6 rings (SSSR count). The van der Waals surface area contributed by atoms with Crippen LogP contribution in [-0.4, -0.2) is 70.2 Å². The molecule has 1 N–H and O–H groups in total. The summed E-state index contributed by atoms with van der Waals surface area (Å²) in [6.45, 7) is 6.29. The third-order valence-corrected chi connectivity index (χ3v) is 8.54. The molecule has 39 heavy (non-hydrogen) atoms. The standard InChI is InChI=1S/C29H32F2N8/c1-17-13-22-25(24(31)23(17)18-5-7-19(30)8-6-18)34-28(38-15-29(2,16-38)37(3)4)26-27(22)39(36-35-26)21-10-12-33-20(14-21)9-11-32/h5-8,13,20-21,33H,9-10,12,14-16H2,1-4H3/t20-,21+/m1/s1. The highest BCUT2D eigenvalue weighted by molar-refractivity contribution is 6.08. The lowest BCUT2D eigenvalue weighted by molar-refractivity contribution is 0.133. The Bertz CT molecular complexity index is 1600. The quantitative estimate of drug-likeness (QED) is 0.404. The number of hydrogen-bond donors (Lipinski definition) is 1. The number of rotatable bonds is 5. The molecular weight excluding hydrogens is 498 g/mol. The molecule has 202 valence electrons. The molecule has 0 bridgehead atoms. The summed E-state index contributed by atoms with van der Waals surface area (Å²) in [6.07, 6.45) is 1.99. The number of hydrogen-bond acceptors (Lipinski definition) is 7. The summed E-state index contributed by atoms with van der Waals surface area (Å²) in [5, 5.41) is 22.5. The number of fused-ring (bicyclic) bond motifs is 3. The first kappa shape index (κ1) is 25.6. The van der Waals surface area contributed by atoms with Gasteiger partial charge in [-0.15, -0.1) is 5.10 Å². The predicted molar refractivity (Wildman–Crippen MR) is 148 cm³/mol. The minimum Gasteiger partial charge on any atom is -0.351 e. The molecule has 4 heterocycles. The maximum absolute atomic E-state index is 16.5. The number of nitrogens with zero attached hydrogens (tertiary/aromatic N) is 7. The summed E-state index contributed by atoms with van der Waals surface area (Å²) in [6, 6.07) is 10.2. The van der Waals surface area contributed by atoms with E-state index in [2.05, 4.69) is 52.5 Å². The fraction of sp³-hybridized carbons (Fsp3) is 0.448. The number of nitrogens with one attached hydrogen (secondary N) is 1. The van der Waals surface area contributed by atoms with Crippen molar-refractivity contribution in [3.05, 3.63) is 47.5 Å². The summed E-state index contributed by atoms with van der Waals surface area (Å²) in [4.78, 5) is 9.22. The summed E-state index contributed by atoms with van der Waals surface area (Å²) in [5.74, 6) is -0.178. The van der Waals surface area contributed by atoms with Gasteiger partial charge in [0.1, 0.15) is 16.9 Å². The van der Waals surface area contributed by atoms with Crippen molar-refractivity contribution in [2.75, 3.05) is 38.6 Å². The molecule has 0 unspecified atom stereocenters. The smallest absolute Gasteiger partial charge is 0.159 e. The lowest BCUT2D eigenvalue weighted by atomic mass is 9.90. The van der Waals surface area contributed by atoms with Gasteiger partial charge in [-0.1, -0.05) is 17.3 Å². The molecule has 2 saturated heterocycles. The third kappa shape index (κ3) is 4.21. The van der Waals surface area contributed by atoms with Crippen molar-refractivity contribution in [3.8, 4) is 17.2 Å². The van der Waals surface area contributed by atoms with Crippen molar-refractivity contribution >= 4 is 27.8 Å². The molecule has 2 aromatic heterocycles. The van der Waals surface area contributed by atoms with Crippen molar-refractivity contribution in [1.82, 2.24) is 30.2 Å². The lowest BCUT2D eigenvalue weighted by Gasteiger charge is -2.52. The second-order valence-corrected chi connectivity index (χ2v) is 11.4. The Morgan fingerprint density at radius 3 is 2.62 bits per heavy atom. The SMILES string of the molecule is Cc1cc2c(nc(N3CC(C)(N(C)C)C3)c3nnn([C@H]4CCN[C@H](CC#N)C4)c32)c(F)c1-c1ccc(F)cc1. The number of aromatic nitrogens is 4. The molecular formula is C29H32F2N8. The number of pyridine rings is 1. The van der Waals surface area contributed by atoms with Crippen molar-refractivity contribution < 1.29 is 8.78 Å². The number of anilines is 1. The van der Waals surface area contributed by atoms with Crippen LogP contribution in [0.3, 0.4) is 0 Å². The van der Waals surface area contributed by atoms with E-state index in [-0.39, 0.29) is 29.0 Å². The highest BCUT2D eigenvalue weighted by atomic mass is 19.1. The van der Waals surface area contributed by atoms with Gasteiger partial charge in [0.05, 0.1) is 24.1 Å². The number of piperidine rings is 1. The average Bonchev–Trinajstić information content (AvgIpc) is 3.34. The molecule has 8 nitrogen and oxygen atoms in total. The molecule has 0 saturated carbocycles. The highest BCUT2D eigenvalue weighted by Gasteiger charge is 2.42. The van der Waals surface area contributed by atoms with Crippen LogP contribution in [0.4, 0.5) is 14.6 Å². The third-order valence-electron chi connectivity index (χ3n) is 8.54. The molecule has 0 amide bonds. The van der Waals surface area contributed by atoms with E-state index in [1.54, 1.807) is 12.1 Å². The first-order valence-corrected chi connectivity index (χ1v) is 13.4. The normalized spacial score (nSPS) is 20.9. The van der Waals surface area contributed by atoms with Crippen LogP contribution in [0.5, 0.6) is 0 Å². The second-order valence-electron chi connectivity index (χ2n) is 11.4. The Labute approximate surface area is 226 Å². The predicted octanol–water partition coefficient (Wildman–Crippen LogP) is 4.58. The van der Waals surface area contributed by atoms with Crippen LogP contribution in [0.2, 0.25) is 0 Å². The van der Waals surface area contributed by atoms with Gasteiger partial charge in [0, 0.05) is 30.1 Å². The number of nitriles is 1. The van der Waals surface area contributed by atoms with Crippen molar-refractivity contribution in [2.24, 2.45) is 0 Å². The second kappa shape index (κ2) is 9.50. The van der Waals surface area contributed by atoms with Gasteiger partial charge in [-0.25, -0.2) is 18.4 Å². The first-order chi connectivity index (χ1) is 18.7. The van der Waals surface area contributed by atoms with E-state index in [1.807, 2.05) is 17.7 Å². The molecule has 10 heteroatoms. The fourth-order valence-corrected chi connectivity index (χ4v) is 6.04. The average molecular weight is 531 g/mol. The zero-order valence-electron chi connectivity index (χ0n) is 22.7. The van der Waals surface area contributed by atoms with Crippen LogP contribution in [0.15, 0.2) is 30.3 Å². The van der Waals surface area contributed by atoms with E-state index in [1.165, 1.54) is 12.1 Å². The van der Waals surface area contributed by atoms with E-state index in [0.29, 0.717) is 34.3 Å². The molecule has 0 spiro atoms. The Morgan fingerprint density at radius 1 is 1.18 bits per heavy atom. The molecule has 2 aromatic carbocycles. The summed E-state index contributed by atoms with van der Waals surface area (Å²) >= 11 is 0. The number of likely N-dealkylation sites (N-methyl/N-ethyl adjacent to an activating group) is 1. The fourth-order valence-electron chi connectivity index (χ4n) is 6.04. The first-order valence-electron chi connectivity index (χ1n) is 13.4. The summed E-state index contributed by atoms with van der Waals surface area (Å²) in [5.41, 5.74) is 3.40. The van der Waals surface area contributed by atoms with Gasteiger partial charge in [0.2, 0.25) is 0 Å². The van der Waals surface area contributed by atoms with E-state index in [4.69, 9.17) is 4.98 Å². The molecule has 0 aliphatic carbocycles. The maximum atomic E-state index is 16.5. The van der Waals surface area contributed by atoms with Gasteiger partial charge in [0.15, 0.2) is 17.2 Å². The Morgan fingerprint density at radius 2 is 1.92 bits per heavy atom. The Kier molecular flexibility index (Phi) is 6.24. The largest absolute Gasteiger partial charge is 0.351 e. The molecule has 2 aliphatic heterocycles. The van der Waals surface area contributed by atoms with Crippen LogP contribution in [0, 0.1) is 29.9 Å². The van der Waals surface area contributed by atoms with Crippen LogP contribution >= 0.6 is 0 Å². The number of benzene rings is 2. The molecule has 2 fully saturated rings. The monoisotopic (exact) mass is 530 g/mol. The van der Waals surface area contributed by atoms with Crippen LogP contribution in [0.1, 0.15) is 37.8 Å². The maximum Gasteiger partial charge on any atom is 0.159 e. The zero-order chi connectivity index (χ0) is 27.5. The molecule has 4 aromatic rings. The van der Waals surface area contributed by atoms with Crippen LogP contribution in [0.25, 0.3) is 33.1 Å². The van der Waals surface area contributed by atoms with Crippen LogP contribution < -0.4 is 10.2 Å². The molecule has 2 atom stereocenters. The number of aryl methyl sites for hydroxylation is 1. The Hall–Kier alpha value is -3.68. The van der Waals surface area contributed by atoms with Crippen molar-refractivity contribution in [2.45, 2.75) is 50.7 Å². The van der Waals surface area contributed by atoms with Gasteiger partial charge >= 0.3 is 0 Å².